The van der Waals surface area contributed by atoms with Crippen LogP contribution in [0.15, 0.2) is 41.2 Å². The lowest BCUT2D eigenvalue weighted by Crippen LogP contribution is -2.25. The van der Waals surface area contributed by atoms with E-state index in [0.29, 0.717) is 11.8 Å². The maximum absolute atomic E-state index is 12.7. The number of pyridine rings is 1. The molecule has 0 saturated heterocycles. The normalized spacial score (nSPS) is 16.8. The van der Waals surface area contributed by atoms with Gasteiger partial charge in [-0.2, -0.15) is 0 Å². The van der Waals surface area contributed by atoms with Crippen LogP contribution in [0.3, 0.4) is 0 Å². The molecule has 1 heterocycles. The van der Waals surface area contributed by atoms with Crippen LogP contribution in [0.25, 0.3) is 0 Å². The topological polar surface area (TPSA) is 22.0 Å². The maximum atomic E-state index is 12.7. The summed E-state index contributed by atoms with van der Waals surface area (Å²) in [5.41, 5.74) is 3.94. The third kappa shape index (κ3) is 3.92. The van der Waals surface area contributed by atoms with Gasteiger partial charge < -0.3 is 4.57 Å². The fourth-order valence-electron chi connectivity index (χ4n) is 3.10. The molecule has 0 bridgehead atoms. The molecule has 0 spiro atoms. The van der Waals surface area contributed by atoms with Crippen LogP contribution in [0.1, 0.15) is 61.0 Å². The second-order valence-corrected chi connectivity index (χ2v) is 7.48. The summed E-state index contributed by atoms with van der Waals surface area (Å²) in [6, 6.07) is 11.9. The lowest BCUT2D eigenvalue weighted by atomic mass is 10.0. The van der Waals surface area contributed by atoms with E-state index in [9.17, 15) is 4.79 Å². The Kier molecular flexibility index (Phi) is 4.44. The summed E-state index contributed by atoms with van der Waals surface area (Å²) in [6.07, 6.45) is 4.87. The Labute approximate surface area is 155 Å². The van der Waals surface area contributed by atoms with E-state index in [1.807, 2.05) is 17.6 Å². The smallest absolute Gasteiger partial charge is 0.252 e. The van der Waals surface area contributed by atoms with Crippen LogP contribution in [0, 0.1) is 42.4 Å². The van der Waals surface area contributed by atoms with Gasteiger partial charge in [0, 0.05) is 34.7 Å². The Morgan fingerprint density at radius 1 is 0.923 bits per heavy atom. The van der Waals surface area contributed by atoms with Crippen molar-refractivity contribution in [1.29, 1.82) is 0 Å². The molecule has 2 nitrogen and oxygen atoms in total. The number of benzene rings is 1. The number of aryl methyl sites for hydroxylation is 1. The number of rotatable bonds is 2. The standard InChI is InChI=1S/C24H23NO/c1-17-15-22(10-9-20-5-6-20)16-24(26)25(17)18(2)23-13-11-21(12-14-23)8-7-19-3-4-19/h11-16,18-20H,3-6H2,1-2H3/t18-/m1/s1. The summed E-state index contributed by atoms with van der Waals surface area (Å²) < 4.78 is 1.84. The van der Waals surface area contributed by atoms with Crippen molar-refractivity contribution in [2.24, 2.45) is 11.8 Å². The average Bonchev–Trinajstić information content (AvgIpc) is 3.53. The number of aromatic nitrogens is 1. The van der Waals surface area contributed by atoms with Crippen molar-refractivity contribution in [2.75, 3.05) is 0 Å². The summed E-state index contributed by atoms with van der Waals surface area (Å²) >= 11 is 0. The molecule has 130 valence electrons. The minimum Gasteiger partial charge on any atom is -0.306 e. The van der Waals surface area contributed by atoms with Crippen LogP contribution in [0.5, 0.6) is 0 Å². The third-order valence-corrected chi connectivity index (χ3v) is 5.04. The summed E-state index contributed by atoms with van der Waals surface area (Å²) in [6.45, 7) is 4.05. The minimum absolute atomic E-state index is 0.00944. The summed E-state index contributed by atoms with van der Waals surface area (Å²) in [5, 5.41) is 0. The zero-order chi connectivity index (χ0) is 18.1. The van der Waals surface area contributed by atoms with Crippen LogP contribution in [0.2, 0.25) is 0 Å². The van der Waals surface area contributed by atoms with Gasteiger partial charge in [-0.05, 0) is 63.3 Å². The first-order valence-corrected chi connectivity index (χ1v) is 9.46. The van der Waals surface area contributed by atoms with Crippen molar-refractivity contribution in [3.05, 3.63) is 69.1 Å². The van der Waals surface area contributed by atoms with Crippen molar-refractivity contribution in [3.63, 3.8) is 0 Å². The van der Waals surface area contributed by atoms with Gasteiger partial charge in [0.2, 0.25) is 0 Å². The van der Waals surface area contributed by atoms with E-state index in [-0.39, 0.29) is 11.6 Å². The maximum Gasteiger partial charge on any atom is 0.252 e. The highest BCUT2D eigenvalue weighted by atomic mass is 16.1. The van der Waals surface area contributed by atoms with Crippen LogP contribution >= 0.6 is 0 Å². The molecule has 2 saturated carbocycles. The predicted octanol–water partition coefficient (Wildman–Crippen LogP) is 4.29. The van der Waals surface area contributed by atoms with Gasteiger partial charge >= 0.3 is 0 Å². The van der Waals surface area contributed by atoms with Crippen molar-refractivity contribution >= 4 is 0 Å². The molecule has 2 fully saturated rings. The van der Waals surface area contributed by atoms with E-state index in [1.165, 1.54) is 25.7 Å². The van der Waals surface area contributed by atoms with Gasteiger partial charge in [0.1, 0.15) is 0 Å². The minimum atomic E-state index is -0.0154. The zero-order valence-corrected chi connectivity index (χ0v) is 15.4. The Balaban J connectivity index is 1.57. The third-order valence-electron chi connectivity index (χ3n) is 5.04. The second-order valence-electron chi connectivity index (χ2n) is 7.48. The molecule has 0 aliphatic heterocycles. The SMILES string of the molecule is Cc1cc(C#CC2CC2)cc(=O)n1[C@H](C)c1ccc(C#CC2CC2)cc1. The summed E-state index contributed by atoms with van der Waals surface area (Å²) in [7, 11) is 0. The van der Waals surface area contributed by atoms with Crippen molar-refractivity contribution in [3.8, 4) is 23.7 Å². The monoisotopic (exact) mass is 341 g/mol. The number of nitrogens with zero attached hydrogens (tertiary/aromatic N) is 1. The van der Waals surface area contributed by atoms with E-state index in [2.05, 4.69) is 54.9 Å². The Hall–Kier alpha value is -2.71. The zero-order valence-electron chi connectivity index (χ0n) is 15.4. The quantitative estimate of drug-likeness (QED) is 0.747. The first-order chi connectivity index (χ1) is 12.6. The Bertz CT molecular complexity index is 997. The van der Waals surface area contributed by atoms with Gasteiger partial charge in [0.15, 0.2) is 0 Å². The highest BCUT2D eigenvalue weighted by Gasteiger charge is 2.18. The van der Waals surface area contributed by atoms with E-state index >= 15 is 0 Å². The largest absolute Gasteiger partial charge is 0.306 e. The molecule has 1 aromatic carbocycles. The molecule has 26 heavy (non-hydrogen) atoms. The molecule has 0 N–H and O–H groups in total. The molecule has 1 atom stereocenters. The molecule has 0 radical (unpaired) electrons. The molecule has 2 aliphatic rings. The van der Waals surface area contributed by atoms with Gasteiger partial charge in [0.25, 0.3) is 5.56 Å². The molecule has 4 rings (SSSR count). The molecular weight excluding hydrogens is 318 g/mol. The van der Waals surface area contributed by atoms with Crippen LogP contribution in [-0.4, -0.2) is 4.57 Å². The second kappa shape index (κ2) is 6.89. The highest BCUT2D eigenvalue weighted by molar-refractivity contribution is 5.39. The van der Waals surface area contributed by atoms with Crippen LogP contribution in [-0.2, 0) is 0 Å². The van der Waals surface area contributed by atoms with E-state index in [0.717, 1.165) is 22.4 Å². The van der Waals surface area contributed by atoms with Crippen molar-refractivity contribution in [1.82, 2.24) is 4.57 Å². The fraction of sp³-hybridized carbons (Fsp3) is 0.375. The summed E-state index contributed by atoms with van der Waals surface area (Å²) in [5.74, 6) is 14.0. The molecule has 0 unspecified atom stereocenters. The van der Waals surface area contributed by atoms with E-state index < -0.39 is 0 Å². The molecule has 0 amide bonds. The Morgan fingerprint density at radius 3 is 2.04 bits per heavy atom. The fourth-order valence-corrected chi connectivity index (χ4v) is 3.10. The van der Waals surface area contributed by atoms with Gasteiger partial charge in [-0.25, -0.2) is 0 Å². The molecule has 1 aromatic heterocycles. The lowest BCUT2D eigenvalue weighted by molar-refractivity contribution is 0.596. The van der Waals surface area contributed by atoms with Crippen molar-refractivity contribution in [2.45, 2.75) is 45.6 Å². The average molecular weight is 341 g/mol. The van der Waals surface area contributed by atoms with Crippen LogP contribution < -0.4 is 5.56 Å². The van der Waals surface area contributed by atoms with Gasteiger partial charge in [-0.3, -0.25) is 4.79 Å². The molecular formula is C24H23NO. The molecule has 2 heteroatoms. The van der Waals surface area contributed by atoms with Crippen molar-refractivity contribution < 1.29 is 0 Å². The highest BCUT2D eigenvalue weighted by Crippen LogP contribution is 2.28. The lowest BCUT2D eigenvalue weighted by Gasteiger charge is -2.19. The van der Waals surface area contributed by atoms with Gasteiger partial charge in [-0.1, -0.05) is 35.8 Å². The Morgan fingerprint density at radius 2 is 1.50 bits per heavy atom. The first-order valence-electron chi connectivity index (χ1n) is 9.46. The van der Waals surface area contributed by atoms with Gasteiger partial charge in [0.05, 0.1) is 6.04 Å². The van der Waals surface area contributed by atoms with E-state index in [4.69, 9.17) is 0 Å². The van der Waals surface area contributed by atoms with E-state index in [1.54, 1.807) is 6.07 Å². The van der Waals surface area contributed by atoms with Gasteiger partial charge in [-0.15, -0.1) is 0 Å². The number of hydrogen-bond donors (Lipinski definition) is 0. The predicted molar refractivity (Wildman–Crippen MR) is 105 cm³/mol. The first kappa shape index (κ1) is 16.7. The molecule has 2 aromatic rings. The number of hydrogen-bond acceptors (Lipinski definition) is 1. The molecule has 2 aliphatic carbocycles. The van der Waals surface area contributed by atoms with Crippen LogP contribution in [0.4, 0.5) is 0 Å². The summed E-state index contributed by atoms with van der Waals surface area (Å²) in [4.78, 5) is 12.7.